The second-order valence-corrected chi connectivity index (χ2v) is 7.56. The van der Waals surface area contributed by atoms with Gasteiger partial charge in [0, 0.05) is 37.7 Å². The van der Waals surface area contributed by atoms with Crippen LogP contribution < -0.4 is 4.74 Å². The second-order valence-electron chi connectivity index (χ2n) is 7.56. The predicted molar refractivity (Wildman–Crippen MR) is 113 cm³/mol. The summed E-state index contributed by atoms with van der Waals surface area (Å²) in [5.74, 6) is 0.450. The summed E-state index contributed by atoms with van der Waals surface area (Å²) in [5, 5.41) is 9.92. The Balaban J connectivity index is 1.48. The van der Waals surface area contributed by atoms with E-state index >= 15 is 0 Å². The molecule has 0 spiro atoms. The van der Waals surface area contributed by atoms with Gasteiger partial charge in [0.05, 0.1) is 29.9 Å². The molecule has 0 bridgehead atoms. The highest BCUT2D eigenvalue weighted by molar-refractivity contribution is 5.99. The first-order valence-electron chi connectivity index (χ1n) is 10.0. The number of pyridine rings is 2. The maximum Gasteiger partial charge on any atom is 0.256 e. The number of likely N-dealkylation sites (tertiary alicyclic amines) is 1. The monoisotopic (exact) mass is 414 g/mol. The van der Waals surface area contributed by atoms with Crippen LogP contribution in [0.3, 0.4) is 0 Å². The van der Waals surface area contributed by atoms with E-state index in [4.69, 9.17) is 4.74 Å². The highest BCUT2D eigenvalue weighted by atomic mass is 16.5. The van der Waals surface area contributed by atoms with E-state index in [-0.39, 0.29) is 5.91 Å². The number of hydrogen-bond acceptors (Lipinski definition) is 7. The molecule has 8 heteroatoms. The third kappa shape index (κ3) is 4.36. The standard InChI is InChI=1S/C23H22N6O2/c1-31-20-5-4-17(14-27-20)13-23(15-24)7-11-29(12-8-23)22(30)18-3-2-9-26-21(18)19-6-10-25-16-28-19/h2-6,9-10,14,16H,7-8,11-13H2,1H3. The fourth-order valence-electron chi connectivity index (χ4n) is 3.88. The predicted octanol–water partition coefficient (Wildman–Crippen LogP) is 2.93. The average molecular weight is 414 g/mol. The fourth-order valence-corrected chi connectivity index (χ4v) is 3.88. The lowest BCUT2D eigenvalue weighted by Crippen LogP contribution is -2.43. The maximum atomic E-state index is 13.3. The third-order valence-electron chi connectivity index (χ3n) is 5.66. The van der Waals surface area contributed by atoms with Crippen LogP contribution >= 0.6 is 0 Å². The zero-order valence-corrected chi connectivity index (χ0v) is 17.2. The normalized spacial score (nSPS) is 15.2. The van der Waals surface area contributed by atoms with Gasteiger partial charge >= 0.3 is 0 Å². The molecule has 4 rings (SSSR count). The van der Waals surface area contributed by atoms with Gasteiger partial charge in [-0.1, -0.05) is 6.07 Å². The maximum absolute atomic E-state index is 13.3. The number of rotatable bonds is 5. The van der Waals surface area contributed by atoms with E-state index in [9.17, 15) is 10.1 Å². The van der Waals surface area contributed by atoms with Crippen molar-refractivity contribution in [2.75, 3.05) is 20.2 Å². The van der Waals surface area contributed by atoms with Crippen molar-refractivity contribution in [3.05, 3.63) is 66.4 Å². The van der Waals surface area contributed by atoms with E-state index in [2.05, 4.69) is 26.0 Å². The van der Waals surface area contributed by atoms with Crippen LogP contribution in [0.1, 0.15) is 28.8 Å². The quantitative estimate of drug-likeness (QED) is 0.632. The number of aromatic nitrogens is 4. The molecule has 0 atom stereocenters. The Labute approximate surface area is 180 Å². The van der Waals surface area contributed by atoms with Crippen LogP contribution in [-0.4, -0.2) is 50.9 Å². The first-order valence-corrected chi connectivity index (χ1v) is 10.0. The van der Waals surface area contributed by atoms with Crippen LogP contribution in [0, 0.1) is 16.7 Å². The molecular formula is C23H22N6O2. The summed E-state index contributed by atoms with van der Waals surface area (Å²) in [7, 11) is 1.57. The first-order chi connectivity index (χ1) is 15.1. The topological polar surface area (TPSA) is 105 Å². The Hall–Kier alpha value is -3.86. The first kappa shape index (κ1) is 20.4. The molecule has 1 amide bonds. The number of methoxy groups -OCH3 is 1. The lowest BCUT2D eigenvalue weighted by Gasteiger charge is -2.37. The molecule has 8 nitrogen and oxygen atoms in total. The summed E-state index contributed by atoms with van der Waals surface area (Å²) >= 11 is 0. The Morgan fingerprint density at radius 3 is 2.65 bits per heavy atom. The Morgan fingerprint density at radius 1 is 1.16 bits per heavy atom. The highest BCUT2D eigenvalue weighted by Gasteiger charge is 2.37. The molecular weight excluding hydrogens is 392 g/mol. The number of hydrogen-bond donors (Lipinski definition) is 0. The number of amides is 1. The van der Waals surface area contributed by atoms with E-state index in [1.165, 1.54) is 6.33 Å². The number of ether oxygens (including phenoxy) is 1. The number of carbonyl (C=O) groups is 1. The molecule has 1 fully saturated rings. The number of carbonyl (C=O) groups excluding carboxylic acids is 1. The summed E-state index contributed by atoms with van der Waals surface area (Å²) < 4.78 is 5.10. The van der Waals surface area contributed by atoms with E-state index in [0.29, 0.717) is 55.2 Å². The summed E-state index contributed by atoms with van der Waals surface area (Å²) in [5.41, 5.74) is 2.12. The smallest absolute Gasteiger partial charge is 0.256 e. The molecule has 0 N–H and O–H groups in total. The van der Waals surface area contributed by atoms with Crippen LogP contribution in [-0.2, 0) is 6.42 Å². The van der Waals surface area contributed by atoms with Gasteiger partial charge in [-0.15, -0.1) is 0 Å². The van der Waals surface area contributed by atoms with Gasteiger partial charge in [-0.05, 0) is 43.0 Å². The fraction of sp³-hybridized carbons (Fsp3) is 0.304. The van der Waals surface area contributed by atoms with Crippen LogP contribution in [0.4, 0.5) is 0 Å². The van der Waals surface area contributed by atoms with Gasteiger partial charge in [-0.3, -0.25) is 9.78 Å². The third-order valence-corrected chi connectivity index (χ3v) is 5.66. The van der Waals surface area contributed by atoms with Crippen molar-refractivity contribution in [2.24, 2.45) is 5.41 Å². The molecule has 31 heavy (non-hydrogen) atoms. The van der Waals surface area contributed by atoms with Gasteiger partial charge in [0.25, 0.3) is 5.91 Å². The minimum Gasteiger partial charge on any atom is -0.481 e. The van der Waals surface area contributed by atoms with Crippen molar-refractivity contribution in [1.29, 1.82) is 5.26 Å². The van der Waals surface area contributed by atoms with Gasteiger partial charge in [0.15, 0.2) is 0 Å². The molecule has 156 valence electrons. The van der Waals surface area contributed by atoms with Crippen LogP contribution in [0.2, 0.25) is 0 Å². The van der Waals surface area contributed by atoms with Crippen molar-refractivity contribution in [1.82, 2.24) is 24.8 Å². The molecule has 0 aromatic carbocycles. The van der Waals surface area contributed by atoms with Crippen molar-refractivity contribution in [3.63, 3.8) is 0 Å². The average Bonchev–Trinajstić information content (AvgIpc) is 2.85. The largest absolute Gasteiger partial charge is 0.481 e. The zero-order chi connectivity index (χ0) is 21.7. The summed E-state index contributed by atoms with van der Waals surface area (Å²) in [6.07, 6.45) is 8.26. The molecule has 3 aromatic heterocycles. The molecule has 1 aliphatic heterocycles. The van der Waals surface area contributed by atoms with Crippen LogP contribution in [0.25, 0.3) is 11.4 Å². The Morgan fingerprint density at radius 2 is 2.00 bits per heavy atom. The minimum atomic E-state index is -0.516. The Kier molecular flexibility index (Phi) is 5.85. The number of piperidine rings is 1. The molecule has 1 aliphatic rings. The zero-order valence-electron chi connectivity index (χ0n) is 17.2. The molecule has 0 radical (unpaired) electrons. The van der Waals surface area contributed by atoms with Crippen molar-refractivity contribution in [3.8, 4) is 23.3 Å². The highest BCUT2D eigenvalue weighted by Crippen LogP contribution is 2.35. The van der Waals surface area contributed by atoms with Crippen molar-refractivity contribution >= 4 is 5.91 Å². The molecule has 1 saturated heterocycles. The van der Waals surface area contributed by atoms with Crippen LogP contribution in [0.5, 0.6) is 5.88 Å². The van der Waals surface area contributed by atoms with Crippen molar-refractivity contribution in [2.45, 2.75) is 19.3 Å². The molecule has 0 saturated carbocycles. The molecule has 4 heterocycles. The summed E-state index contributed by atoms with van der Waals surface area (Å²) in [4.78, 5) is 31.8. The van der Waals surface area contributed by atoms with Crippen molar-refractivity contribution < 1.29 is 9.53 Å². The molecule has 3 aromatic rings. The lowest BCUT2D eigenvalue weighted by atomic mass is 9.75. The lowest BCUT2D eigenvalue weighted by molar-refractivity contribution is 0.0647. The van der Waals surface area contributed by atoms with Gasteiger partial charge in [-0.25, -0.2) is 15.0 Å². The number of nitrogens with zero attached hydrogens (tertiary/aromatic N) is 6. The van der Waals surface area contributed by atoms with E-state index < -0.39 is 5.41 Å². The van der Waals surface area contributed by atoms with Crippen LogP contribution in [0.15, 0.2) is 55.2 Å². The van der Waals surface area contributed by atoms with Gasteiger partial charge in [-0.2, -0.15) is 5.26 Å². The minimum absolute atomic E-state index is 0.0978. The van der Waals surface area contributed by atoms with Gasteiger partial charge in [0.1, 0.15) is 12.0 Å². The van der Waals surface area contributed by atoms with E-state index in [1.54, 1.807) is 54.9 Å². The van der Waals surface area contributed by atoms with Gasteiger partial charge < -0.3 is 9.64 Å². The molecule has 0 aliphatic carbocycles. The summed E-state index contributed by atoms with van der Waals surface area (Å²) in [6, 6.07) is 11.5. The molecule has 0 unspecified atom stereocenters. The second kappa shape index (κ2) is 8.88. The number of nitriles is 1. The van der Waals surface area contributed by atoms with Gasteiger partial charge in [0.2, 0.25) is 5.88 Å². The Bertz CT molecular complexity index is 1090. The summed E-state index contributed by atoms with van der Waals surface area (Å²) in [6.45, 7) is 1.02. The SMILES string of the molecule is COc1ccc(CC2(C#N)CCN(C(=O)c3cccnc3-c3ccncn3)CC2)cn1. The van der Waals surface area contributed by atoms with E-state index in [0.717, 1.165) is 5.56 Å². The van der Waals surface area contributed by atoms with E-state index in [1.807, 2.05) is 6.07 Å².